The lowest BCUT2D eigenvalue weighted by Crippen LogP contribution is -2.24. The molecule has 2 rings (SSSR count). The number of hydrogen-bond acceptors (Lipinski definition) is 4. The maximum Gasteiger partial charge on any atom is 0.147 e. The number of ether oxygens (including phenoxy) is 3. The van der Waals surface area contributed by atoms with E-state index in [2.05, 4.69) is 0 Å². The summed E-state index contributed by atoms with van der Waals surface area (Å²) in [4.78, 5) is 11.7. The van der Waals surface area contributed by atoms with Crippen molar-refractivity contribution in [1.82, 2.24) is 0 Å². The second-order valence-corrected chi connectivity index (χ2v) is 5.17. The zero-order valence-corrected chi connectivity index (χ0v) is 12.1. The first-order valence-corrected chi connectivity index (χ1v) is 7.00. The van der Waals surface area contributed by atoms with Gasteiger partial charge in [0, 0.05) is 20.0 Å². The molecule has 0 N–H and O–H groups in total. The predicted octanol–water partition coefficient (Wildman–Crippen LogP) is 3.12. The molecule has 1 aliphatic rings. The van der Waals surface area contributed by atoms with E-state index in [1.165, 1.54) is 0 Å². The van der Waals surface area contributed by atoms with Crippen molar-refractivity contribution < 1.29 is 19.0 Å². The SMILES string of the molecule is COCOC(c1cccc(OC)c1)C1CCCC(=O)C1. The van der Waals surface area contributed by atoms with Crippen molar-refractivity contribution in [2.24, 2.45) is 5.92 Å². The Labute approximate surface area is 120 Å². The lowest BCUT2D eigenvalue weighted by atomic mass is 9.82. The Balaban J connectivity index is 2.18. The van der Waals surface area contributed by atoms with Crippen LogP contribution in [0.2, 0.25) is 0 Å². The van der Waals surface area contributed by atoms with Crippen LogP contribution in [-0.4, -0.2) is 26.8 Å². The summed E-state index contributed by atoms with van der Waals surface area (Å²) < 4.78 is 16.1. The fourth-order valence-corrected chi connectivity index (χ4v) is 2.78. The molecule has 110 valence electrons. The van der Waals surface area contributed by atoms with Gasteiger partial charge in [-0.1, -0.05) is 12.1 Å². The Hall–Kier alpha value is -1.39. The maximum atomic E-state index is 11.7. The zero-order chi connectivity index (χ0) is 14.4. The summed E-state index contributed by atoms with van der Waals surface area (Å²) in [6.45, 7) is 0.229. The zero-order valence-electron chi connectivity index (χ0n) is 12.1. The van der Waals surface area contributed by atoms with Gasteiger partial charge < -0.3 is 14.2 Å². The molecule has 0 bridgehead atoms. The van der Waals surface area contributed by atoms with Crippen LogP contribution in [0.15, 0.2) is 24.3 Å². The molecule has 2 atom stereocenters. The van der Waals surface area contributed by atoms with Crippen molar-refractivity contribution in [1.29, 1.82) is 0 Å². The van der Waals surface area contributed by atoms with Crippen LogP contribution in [0, 0.1) is 5.92 Å². The monoisotopic (exact) mass is 278 g/mol. The highest BCUT2D eigenvalue weighted by Gasteiger charge is 2.29. The third-order valence-corrected chi connectivity index (χ3v) is 3.74. The average Bonchev–Trinajstić information content (AvgIpc) is 2.48. The standard InChI is InChI=1S/C16H22O4/c1-18-11-20-16(12-5-3-7-14(17)9-12)13-6-4-8-15(10-13)19-2/h4,6,8,10,12,16H,3,5,7,9,11H2,1-2H3. The van der Waals surface area contributed by atoms with Gasteiger partial charge in [-0.15, -0.1) is 0 Å². The number of benzene rings is 1. The Morgan fingerprint density at radius 1 is 1.35 bits per heavy atom. The van der Waals surface area contributed by atoms with Crippen molar-refractivity contribution >= 4 is 5.78 Å². The normalized spacial score (nSPS) is 20.7. The van der Waals surface area contributed by atoms with Crippen molar-refractivity contribution in [3.05, 3.63) is 29.8 Å². The second kappa shape index (κ2) is 7.41. The Bertz CT molecular complexity index is 444. The maximum absolute atomic E-state index is 11.7. The fraction of sp³-hybridized carbons (Fsp3) is 0.562. The lowest BCUT2D eigenvalue weighted by molar-refractivity contribution is -0.128. The van der Waals surface area contributed by atoms with E-state index in [9.17, 15) is 4.79 Å². The number of hydrogen-bond donors (Lipinski definition) is 0. The molecule has 1 saturated carbocycles. The molecule has 0 amide bonds. The summed E-state index contributed by atoms with van der Waals surface area (Å²) in [5.41, 5.74) is 1.04. The van der Waals surface area contributed by atoms with Crippen molar-refractivity contribution in [3.8, 4) is 5.75 Å². The summed E-state index contributed by atoms with van der Waals surface area (Å²) >= 11 is 0. The van der Waals surface area contributed by atoms with Crippen LogP contribution in [0.25, 0.3) is 0 Å². The molecule has 20 heavy (non-hydrogen) atoms. The van der Waals surface area contributed by atoms with E-state index in [1.54, 1.807) is 14.2 Å². The number of rotatable bonds is 6. The van der Waals surface area contributed by atoms with E-state index < -0.39 is 0 Å². The van der Waals surface area contributed by atoms with Crippen LogP contribution in [0.4, 0.5) is 0 Å². The molecule has 0 radical (unpaired) electrons. The molecule has 0 heterocycles. The van der Waals surface area contributed by atoms with Crippen molar-refractivity contribution in [2.45, 2.75) is 31.8 Å². The van der Waals surface area contributed by atoms with Gasteiger partial charge in [0.15, 0.2) is 0 Å². The highest BCUT2D eigenvalue weighted by molar-refractivity contribution is 5.79. The van der Waals surface area contributed by atoms with E-state index in [-0.39, 0.29) is 18.8 Å². The van der Waals surface area contributed by atoms with Gasteiger partial charge in [-0.3, -0.25) is 4.79 Å². The van der Waals surface area contributed by atoms with Crippen LogP contribution in [-0.2, 0) is 14.3 Å². The number of Topliss-reactive ketones (excluding diaryl/α,β-unsaturated/α-hetero) is 1. The molecule has 1 aromatic carbocycles. The van der Waals surface area contributed by atoms with Gasteiger partial charge >= 0.3 is 0 Å². The predicted molar refractivity (Wildman–Crippen MR) is 75.7 cm³/mol. The average molecular weight is 278 g/mol. The minimum atomic E-state index is -0.116. The number of carbonyl (C=O) groups excluding carboxylic acids is 1. The number of carbonyl (C=O) groups is 1. The van der Waals surface area contributed by atoms with Crippen molar-refractivity contribution in [3.63, 3.8) is 0 Å². The highest BCUT2D eigenvalue weighted by Crippen LogP contribution is 2.36. The molecule has 4 heteroatoms. The Kier molecular flexibility index (Phi) is 5.56. The number of methoxy groups -OCH3 is 2. The first-order valence-electron chi connectivity index (χ1n) is 7.00. The molecular formula is C16H22O4. The van der Waals surface area contributed by atoms with E-state index in [0.717, 1.165) is 24.2 Å². The largest absolute Gasteiger partial charge is 0.497 e. The molecule has 4 nitrogen and oxygen atoms in total. The smallest absolute Gasteiger partial charge is 0.147 e. The quantitative estimate of drug-likeness (QED) is 0.750. The topological polar surface area (TPSA) is 44.8 Å². The first kappa shape index (κ1) is 15.0. The molecular weight excluding hydrogens is 256 g/mol. The van der Waals surface area contributed by atoms with Crippen LogP contribution in [0.5, 0.6) is 5.75 Å². The summed E-state index contributed by atoms with van der Waals surface area (Å²) in [5, 5.41) is 0. The van der Waals surface area contributed by atoms with E-state index >= 15 is 0 Å². The summed E-state index contributed by atoms with van der Waals surface area (Å²) in [6, 6.07) is 7.84. The molecule has 2 unspecified atom stereocenters. The van der Waals surface area contributed by atoms with Crippen LogP contribution in [0.3, 0.4) is 0 Å². The molecule has 1 fully saturated rings. The second-order valence-electron chi connectivity index (χ2n) is 5.17. The van der Waals surface area contributed by atoms with Gasteiger partial charge in [-0.2, -0.15) is 0 Å². The fourth-order valence-electron chi connectivity index (χ4n) is 2.78. The molecule has 1 aromatic rings. The van der Waals surface area contributed by atoms with Gasteiger partial charge in [0.2, 0.25) is 0 Å². The number of ketones is 1. The summed E-state index contributed by atoms with van der Waals surface area (Å²) in [7, 11) is 3.25. The minimum absolute atomic E-state index is 0.116. The Morgan fingerprint density at radius 3 is 2.90 bits per heavy atom. The molecule has 0 spiro atoms. The van der Waals surface area contributed by atoms with Gasteiger partial charge in [0.1, 0.15) is 18.3 Å². The molecule has 0 saturated heterocycles. The minimum Gasteiger partial charge on any atom is -0.497 e. The molecule has 1 aliphatic carbocycles. The van der Waals surface area contributed by atoms with Crippen LogP contribution in [0.1, 0.15) is 37.4 Å². The third-order valence-electron chi connectivity index (χ3n) is 3.74. The molecule has 0 aromatic heterocycles. The van der Waals surface area contributed by atoms with Crippen LogP contribution >= 0.6 is 0 Å². The van der Waals surface area contributed by atoms with Gasteiger partial charge in [0.05, 0.1) is 13.2 Å². The van der Waals surface area contributed by atoms with Gasteiger partial charge in [-0.25, -0.2) is 0 Å². The van der Waals surface area contributed by atoms with E-state index in [1.807, 2.05) is 24.3 Å². The lowest BCUT2D eigenvalue weighted by Gasteiger charge is -2.30. The summed E-state index contributed by atoms with van der Waals surface area (Å²) in [6.07, 6.45) is 3.13. The Morgan fingerprint density at radius 2 is 2.20 bits per heavy atom. The third kappa shape index (κ3) is 3.81. The van der Waals surface area contributed by atoms with E-state index in [0.29, 0.717) is 18.6 Å². The van der Waals surface area contributed by atoms with Crippen molar-refractivity contribution in [2.75, 3.05) is 21.0 Å². The van der Waals surface area contributed by atoms with E-state index in [4.69, 9.17) is 14.2 Å². The first-order chi connectivity index (χ1) is 9.74. The summed E-state index contributed by atoms with van der Waals surface area (Å²) in [5.74, 6) is 1.35. The highest BCUT2D eigenvalue weighted by atomic mass is 16.7. The molecule has 0 aliphatic heterocycles. The van der Waals surface area contributed by atoms with Gasteiger partial charge in [0.25, 0.3) is 0 Å². The van der Waals surface area contributed by atoms with Gasteiger partial charge in [-0.05, 0) is 36.5 Å². The van der Waals surface area contributed by atoms with Crippen LogP contribution < -0.4 is 4.74 Å².